The summed E-state index contributed by atoms with van der Waals surface area (Å²) in [5.74, 6) is 0. The van der Waals surface area contributed by atoms with Gasteiger partial charge < -0.3 is 15.2 Å². The van der Waals surface area contributed by atoms with Gasteiger partial charge in [0, 0.05) is 30.7 Å². The Labute approximate surface area is 99.6 Å². The van der Waals surface area contributed by atoms with Crippen molar-refractivity contribution in [3.05, 3.63) is 0 Å². The largest absolute Gasteiger partial charge is 0.396 e. The summed E-state index contributed by atoms with van der Waals surface area (Å²) in [5, 5.41) is 13.1. The van der Waals surface area contributed by atoms with Crippen LogP contribution < -0.4 is 5.32 Å². The van der Waals surface area contributed by atoms with E-state index in [0.717, 1.165) is 32.4 Å². The fraction of sp³-hybridized carbons (Fsp3) is 1.00. The van der Waals surface area contributed by atoms with Crippen LogP contribution in [-0.2, 0) is 4.74 Å². The topological polar surface area (TPSA) is 41.5 Å². The van der Waals surface area contributed by atoms with Crippen LogP contribution in [0.4, 0.5) is 0 Å². The molecule has 0 amide bonds. The monoisotopic (exact) mass is 229 g/mol. The van der Waals surface area contributed by atoms with E-state index in [1.165, 1.54) is 0 Å². The Morgan fingerprint density at radius 1 is 1.44 bits per heavy atom. The van der Waals surface area contributed by atoms with E-state index in [4.69, 9.17) is 4.74 Å². The van der Waals surface area contributed by atoms with Crippen molar-refractivity contribution in [1.82, 2.24) is 5.32 Å². The van der Waals surface area contributed by atoms with Crippen molar-refractivity contribution in [3.8, 4) is 0 Å². The predicted octanol–water partition coefficient (Wildman–Crippen LogP) is 1.94. The molecule has 1 heterocycles. The summed E-state index contributed by atoms with van der Waals surface area (Å²) >= 11 is 0. The van der Waals surface area contributed by atoms with Crippen LogP contribution in [0, 0.1) is 5.41 Å². The first-order valence-electron chi connectivity index (χ1n) is 6.49. The van der Waals surface area contributed by atoms with Crippen LogP contribution in [-0.4, -0.2) is 36.5 Å². The molecule has 0 aliphatic carbocycles. The van der Waals surface area contributed by atoms with E-state index in [-0.39, 0.29) is 23.7 Å². The average molecular weight is 229 g/mol. The molecule has 0 spiro atoms. The van der Waals surface area contributed by atoms with Gasteiger partial charge in [-0.15, -0.1) is 0 Å². The molecule has 0 aromatic rings. The van der Waals surface area contributed by atoms with E-state index in [1.807, 2.05) is 0 Å². The van der Waals surface area contributed by atoms with Gasteiger partial charge in [-0.25, -0.2) is 0 Å². The molecule has 0 radical (unpaired) electrons. The zero-order valence-electron chi connectivity index (χ0n) is 11.2. The van der Waals surface area contributed by atoms with Crippen molar-refractivity contribution >= 4 is 0 Å². The van der Waals surface area contributed by atoms with Gasteiger partial charge in [0.2, 0.25) is 0 Å². The van der Waals surface area contributed by atoms with Gasteiger partial charge in [0.25, 0.3) is 0 Å². The lowest BCUT2D eigenvalue weighted by Gasteiger charge is -2.36. The Balaban J connectivity index is 2.55. The highest BCUT2D eigenvalue weighted by Crippen LogP contribution is 2.29. The SMILES string of the molecule is CCC(CC)(CO)CNC1(C)CCOC1C. The molecule has 3 nitrogen and oxygen atoms in total. The third-order valence-corrected chi connectivity index (χ3v) is 4.59. The van der Waals surface area contributed by atoms with Crippen molar-refractivity contribution in [1.29, 1.82) is 0 Å². The molecule has 16 heavy (non-hydrogen) atoms. The minimum absolute atomic E-state index is 0.0331. The number of hydrogen-bond acceptors (Lipinski definition) is 3. The second-order valence-electron chi connectivity index (χ2n) is 5.40. The number of aliphatic hydroxyl groups is 1. The number of hydrogen-bond donors (Lipinski definition) is 2. The first-order valence-corrected chi connectivity index (χ1v) is 6.49. The van der Waals surface area contributed by atoms with Crippen molar-refractivity contribution in [2.45, 2.75) is 58.6 Å². The molecule has 2 atom stereocenters. The van der Waals surface area contributed by atoms with Gasteiger partial charge in [0.15, 0.2) is 0 Å². The number of aliphatic hydroxyl groups excluding tert-OH is 1. The van der Waals surface area contributed by atoms with Gasteiger partial charge in [-0.1, -0.05) is 13.8 Å². The molecule has 0 aromatic carbocycles. The van der Waals surface area contributed by atoms with Crippen LogP contribution in [0.15, 0.2) is 0 Å². The summed E-state index contributed by atoms with van der Waals surface area (Å²) in [4.78, 5) is 0. The Morgan fingerprint density at radius 2 is 2.06 bits per heavy atom. The number of ether oxygens (including phenoxy) is 1. The Morgan fingerprint density at radius 3 is 2.44 bits per heavy atom. The molecule has 2 unspecified atom stereocenters. The lowest BCUT2D eigenvalue weighted by atomic mass is 9.81. The minimum atomic E-state index is 0.0331. The number of rotatable bonds is 6. The average Bonchev–Trinajstić information content (AvgIpc) is 2.63. The molecule has 0 saturated carbocycles. The lowest BCUT2D eigenvalue weighted by Crippen LogP contribution is -2.52. The molecule has 1 fully saturated rings. The van der Waals surface area contributed by atoms with Gasteiger partial charge in [0.05, 0.1) is 6.10 Å². The fourth-order valence-electron chi connectivity index (χ4n) is 2.24. The zero-order valence-corrected chi connectivity index (χ0v) is 11.2. The summed E-state index contributed by atoms with van der Waals surface area (Å²) in [6, 6.07) is 0. The van der Waals surface area contributed by atoms with Crippen LogP contribution in [0.3, 0.4) is 0 Å². The summed E-state index contributed by atoms with van der Waals surface area (Å²) in [6.07, 6.45) is 3.34. The first kappa shape index (κ1) is 13.9. The quantitative estimate of drug-likeness (QED) is 0.731. The molecule has 1 aliphatic rings. The maximum absolute atomic E-state index is 9.53. The molecule has 2 N–H and O–H groups in total. The Bertz CT molecular complexity index is 206. The van der Waals surface area contributed by atoms with Crippen LogP contribution in [0.1, 0.15) is 47.0 Å². The van der Waals surface area contributed by atoms with E-state index in [1.54, 1.807) is 0 Å². The van der Waals surface area contributed by atoms with Crippen molar-refractivity contribution in [2.24, 2.45) is 5.41 Å². The summed E-state index contributed by atoms with van der Waals surface area (Å²) in [5.41, 5.74) is 0.107. The highest BCUT2D eigenvalue weighted by Gasteiger charge is 2.38. The molecule has 96 valence electrons. The molecule has 0 aromatic heterocycles. The maximum Gasteiger partial charge on any atom is 0.0726 e. The Kier molecular flexibility index (Phi) is 4.77. The molecular weight excluding hydrogens is 202 g/mol. The van der Waals surface area contributed by atoms with Crippen LogP contribution >= 0.6 is 0 Å². The molecule has 0 bridgehead atoms. The number of nitrogens with one attached hydrogen (secondary N) is 1. The van der Waals surface area contributed by atoms with Crippen molar-refractivity contribution in [3.63, 3.8) is 0 Å². The minimum Gasteiger partial charge on any atom is -0.396 e. The summed E-state index contributed by atoms with van der Waals surface area (Å²) in [7, 11) is 0. The summed E-state index contributed by atoms with van der Waals surface area (Å²) in [6.45, 7) is 10.6. The van der Waals surface area contributed by atoms with E-state index in [2.05, 4.69) is 33.0 Å². The van der Waals surface area contributed by atoms with Gasteiger partial charge in [0.1, 0.15) is 0 Å². The van der Waals surface area contributed by atoms with Gasteiger partial charge in [-0.3, -0.25) is 0 Å². The normalized spacial score (nSPS) is 30.9. The van der Waals surface area contributed by atoms with Crippen molar-refractivity contribution < 1.29 is 9.84 Å². The maximum atomic E-state index is 9.53. The standard InChI is InChI=1S/C13H27NO2/c1-5-13(6-2,10-15)9-14-12(4)7-8-16-11(12)3/h11,14-15H,5-10H2,1-4H3. The molecule has 1 aliphatic heterocycles. The zero-order chi connectivity index (χ0) is 12.2. The smallest absolute Gasteiger partial charge is 0.0726 e. The summed E-state index contributed by atoms with van der Waals surface area (Å²) < 4.78 is 5.61. The molecule has 1 rings (SSSR count). The fourth-order valence-corrected chi connectivity index (χ4v) is 2.24. The third-order valence-electron chi connectivity index (χ3n) is 4.59. The predicted molar refractivity (Wildman–Crippen MR) is 66.5 cm³/mol. The second-order valence-corrected chi connectivity index (χ2v) is 5.40. The lowest BCUT2D eigenvalue weighted by molar-refractivity contribution is 0.0675. The first-order chi connectivity index (χ1) is 7.52. The van der Waals surface area contributed by atoms with E-state index in [0.29, 0.717) is 0 Å². The highest BCUT2D eigenvalue weighted by atomic mass is 16.5. The van der Waals surface area contributed by atoms with Gasteiger partial charge in [-0.2, -0.15) is 0 Å². The third kappa shape index (κ3) is 2.76. The van der Waals surface area contributed by atoms with Gasteiger partial charge >= 0.3 is 0 Å². The molecule has 3 heteroatoms. The second kappa shape index (κ2) is 5.48. The Hall–Kier alpha value is -0.120. The van der Waals surface area contributed by atoms with Crippen LogP contribution in [0.25, 0.3) is 0 Å². The van der Waals surface area contributed by atoms with Crippen molar-refractivity contribution in [2.75, 3.05) is 19.8 Å². The van der Waals surface area contributed by atoms with E-state index < -0.39 is 0 Å². The highest BCUT2D eigenvalue weighted by molar-refractivity contribution is 4.95. The van der Waals surface area contributed by atoms with Gasteiger partial charge in [-0.05, 0) is 33.1 Å². The molecular formula is C13H27NO2. The van der Waals surface area contributed by atoms with Crippen LogP contribution in [0.5, 0.6) is 0 Å². The van der Waals surface area contributed by atoms with Crippen LogP contribution in [0.2, 0.25) is 0 Å². The van der Waals surface area contributed by atoms with E-state index in [9.17, 15) is 5.11 Å². The molecule has 1 saturated heterocycles. The van der Waals surface area contributed by atoms with E-state index >= 15 is 0 Å².